The second-order valence-corrected chi connectivity index (χ2v) is 5.08. The zero-order chi connectivity index (χ0) is 11.5. The average Bonchev–Trinajstić information content (AvgIpc) is 2.15. The minimum atomic E-state index is -0.702. The predicted octanol–water partition coefficient (Wildman–Crippen LogP) is 2.14. The summed E-state index contributed by atoms with van der Waals surface area (Å²) in [6.45, 7) is 5.70. The molecule has 1 heterocycles. The molecule has 0 unspecified atom stereocenters. The Morgan fingerprint density at radius 1 is 1.60 bits per heavy atom. The van der Waals surface area contributed by atoms with Crippen molar-refractivity contribution in [1.82, 2.24) is 4.90 Å². The zero-order valence-electron chi connectivity index (χ0n) is 9.92. The fourth-order valence-electron chi connectivity index (χ4n) is 1.74. The number of carbonyl (C=O) groups is 1. The summed E-state index contributed by atoms with van der Waals surface area (Å²) in [5, 5.41) is 8.99. The SMILES string of the molecule is CN1CCC=C(CCC(C)(C)C(=O)O)C1. The van der Waals surface area contributed by atoms with Crippen LogP contribution in [-0.4, -0.2) is 36.1 Å². The molecule has 0 atom stereocenters. The van der Waals surface area contributed by atoms with Crippen LogP contribution < -0.4 is 0 Å². The second kappa shape index (κ2) is 4.79. The minimum absolute atomic E-state index is 0.600. The van der Waals surface area contributed by atoms with Gasteiger partial charge in [0.2, 0.25) is 0 Å². The maximum absolute atomic E-state index is 10.9. The molecule has 1 aliphatic rings. The maximum atomic E-state index is 10.9. The average molecular weight is 211 g/mol. The van der Waals surface area contributed by atoms with E-state index in [0.29, 0.717) is 0 Å². The van der Waals surface area contributed by atoms with Crippen molar-refractivity contribution in [2.45, 2.75) is 33.1 Å². The molecule has 0 saturated carbocycles. The number of likely N-dealkylation sites (N-methyl/N-ethyl adjacent to an activating group) is 1. The van der Waals surface area contributed by atoms with Gasteiger partial charge in [-0.1, -0.05) is 11.6 Å². The Morgan fingerprint density at radius 2 is 2.27 bits per heavy atom. The number of carboxylic acids is 1. The van der Waals surface area contributed by atoms with Crippen LogP contribution in [-0.2, 0) is 4.79 Å². The maximum Gasteiger partial charge on any atom is 0.309 e. The monoisotopic (exact) mass is 211 g/mol. The third kappa shape index (κ3) is 3.67. The van der Waals surface area contributed by atoms with Crippen molar-refractivity contribution in [3.05, 3.63) is 11.6 Å². The lowest BCUT2D eigenvalue weighted by molar-refractivity contribution is -0.147. The van der Waals surface area contributed by atoms with Gasteiger partial charge in [-0.25, -0.2) is 0 Å². The summed E-state index contributed by atoms with van der Waals surface area (Å²) in [4.78, 5) is 13.2. The van der Waals surface area contributed by atoms with E-state index < -0.39 is 11.4 Å². The lowest BCUT2D eigenvalue weighted by Crippen LogP contribution is -2.28. The number of nitrogens with zero attached hydrogens (tertiary/aromatic N) is 1. The van der Waals surface area contributed by atoms with Gasteiger partial charge in [-0.2, -0.15) is 0 Å². The fourth-order valence-corrected chi connectivity index (χ4v) is 1.74. The molecule has 0 spiro atoms. The molecule has 0 amide bonds. The summed E-state index contributed by atoms with van der Waals surface area (Å²) < 4.78 is 0. The van der Waals surface area contributed by atoms with Crippen molar-refractivity contribution in [2.24, 2.45) is 5.41 Å². The number of rotatable bonds is 4. The minimum Gasteiger partial charge on any atom is -0.481 e. The van der Waals surface area contributed by atoms with E-state index in [4.69, 9.17) is 5.11 Å². The van der Waals surface area contributed by atoms with Crippen LogP contribution >= 0.6 is 0 Å². The summed E-state index contributed by atoms with van der Waals surface area (Å²) in [6.07, 6.45) is 4.99. The lowest BCUT2D eigenvalue weighted by atomic mass is 9.86. The molecule has 0 bridgehead atoms. The van der Waals surface area contributed by atoms with E-state index in [1.807, 2.05) is 0 Å². The van der Waals surface area contributed by atoms with Crippen LogP contribution in [0.1, 0.15) is 33.1 Å². The normalized spacial score (nSPS) is 18.7. The van der Waals surface area contributed by atoms with E-state index in [1.165, 1.54) is 5.57 Å². The van der Waals surface area contributed by atoms with Gasteiger partial charge in [0.15, 0.2) is 0 Å². The number of carboxylic acid groups (broad SMARTS) is 1. The first-order valence-corrected chi connectivity index (χ1v) is 5.51. The topological polar surface area (TPSA) is 40.5 Å². The summed E-state index contributed by atoms with van der Waals surface area (Å²) in [5.41, 5.74) is 0.787. The van der Waals surface area contributed by atoms with Gasteiger partial charge in [0.1, 0.15) is 0 Å². The molecule has 1 rings (SSSR count). The summed E-state index contributed by atoms with van der Waals surface area (Å²) >= 11 is 0. The summed E-state index contributed by atoms with van der Waals surface area (Å²) in [7, 11) is 2.11. The molecule has 1 aliphatic heterocycles. The lowest BCUT2D eigenvalue weighted by Gasteiger charge is -2.25. The van der Waals surface area contributed by atoms with Gasteiger partial charge in [-0.3, -0.25) is 4.79 Å². The van der Waals surface area contributed by atoms with E-state index in [0.717, 1.165) is 32.4 Å². The Kier molecular flexibility index (Phi) is 3.91. The Labute approximate surface area is 91.8 Å². The van der Waals surface area contributed by atoms with Crippen molar-refractivity contribution in [2.75, 3.05) is 20.1 Å². The smallest absolute Gasteiger partial charge is 0.309 e. The molecule has 0 aromatic carbocycles. The van der Waals surface area contributed by atoms with Crippen molar-refractivity contribution in [1.29, 1.82) is 0 Å². The molecule has 3 heteroatoms. The van der Waals surface area contributed by atoms with Crippen molar-refractivity contribution >= 4 is 5.97 Å². The van der Waals surface area contributed by atoms with E-state index in [1.54, 1.807) is 13.8 Å². The molecule has 0 radical (unpaired) electrons. The number of hydrogen-bond donors (Lipinski definition) is 1. The highest BCUT2D eigenvalue weighted by Crippen LogP contribution is 2.26. The van der Waals surface area contributed by atoms with Crippen LogP contribution in [0, 0.1) is 5.41 Å². The van der Waals surface area contributed by atoms with Gasteiger partial charge in [0.25, 0.3) is 0 Å². The number of hydrogen-bond acceptors (Lipinski definition) is 2. The van der Waals surface area contributed by atoms with Gasteiger partial charge in [-0.05, 0) is 40.2 Å². The van der Waals surface area contributed by atoms with Gasteiger partial charge in [0, 0.05) is 13.1 Å². The van der Waals surface area contributed by atoms with Crippen molar-refractivity contribution in [3.8, 4) is 0 Å². The van der Waals surface area contributed by atoms with Crippen LogP contribution in [0.3, 0.4) is 0 Å². The van der Waals surface area contributed by atoms with Gasteiger partial charge in [0.05, 0.1) is 5.41 Å². The molecule has 3 nitrogen and oxygen atoms in total. The molecule has 0 aromatic heterocycles. The standard InChI is InChI=1S/C12H21NO2/c1-12(2,11(14)15)7-6-10-5-4-8-13(3)9-10/h5H,4,6-9H2,1-3H3,(H,14,15). The summed E-state index contributed by atoms with van der Waals surface area (Å²) in [5.74, 6) is -0.702. The molecule has 86 valence electrons. The molecular formula is C12H21NO2. The number of aliphatic carboxylic acids is 1. The first kappa shape index (κ1) is 12.2. The van der Waals surface area contributed by atoms with E-state index >= 15 is 0 Å². The summed E-state index contributed by atoms with van der Waals surface area (Å²) in [6, 6.07) is 0. The highest BCUT2D eigenvalue weighted by Gasteiger charge is 2.27. The molecular weight excluding hydrogens is 190 g/mol. The molecule has 0 saturated heterocycles. The van der Waals surface area contributed by atoms with Crippen LogP contribution in [0.5, 0.6) is 0 Å². The van der Waals surface area contributed by atoms with Gasteiger partial charge < -0.3 is 10.0 Å². The van der Waals surface area contributed by atoms with Crippen LogP contribution in [0.15, 0.2) is 11.6 Å². The molecule has 0 aliphatic carbocycles. The second-order valence-electron chi connectivity index (χ2n) is 5.08. The Hall–Kier alpha value is -0.830. The van der Waals surface area contributed by atoms with Crippen molar-refractivity contribution in [3.63, 3.8) is 0 Å². The largest absolute Gasteiger partial charge is 0.481 e. The third-order valence-electron chi connectivity index (χ3n) is 3.07. The van der Waals surface area contributed by atoms with Crippen LogP contribution in [0.4, 0.5) is 0 Å². The molecule has 1 N–H and O–H groups in total. The first-order valence-electron chi connectivity index (χ1n) is 5.51. The highest BCUT2D eigenvalue weighted by molar-refractivity contribution is 5.73. The van der Waals surface area contributed by atoms with Gasteiger partial charge >= 0.3 is 5.97 Å². The third-order valence-corrected chi connectivity index (χ3v) is 3.07. The van der Waals surface area contributed by atoms with E-state index in [2.05, 4.69) is 18.0 Å². The van der Waals surface area contributed by atoms with Crippen molar-refractivity contribution < 1.29 is 9.90 Å². The van der Waals surface area contributed by atoms with E-state index in [-0.39, 0.29) is 0 Å². The molecule has 0 fully saturated rings. The quantitative estimate of drug-likeness (QED) is 0.724. The fraction of sp³-hybridized carbons (Fsp3) is 0.750. The Balaban J connectivity index is 2.43. The van der Waals surface area contributed by atoms with Crippen LogP contribution in [0.2, 0.25) is 0 Å². The zero-order valence-corrected chi connectivity index (χ0v) is 9.92. The van der Waals surface area contributed by atoms with Crippen LogP contribution in [0.25, 0.3) is 0 Å². The predicted molar refractivity (Wildman–Crippen MR) is 60.8 cm³/mol. The first-order chi connectivity index (χ1) is 6.92. The Bertz CT molecular complexity index is 269. The Morgan fingerprint density at radius 3 is 2.80 bits per heavy atom. The molecule has 15 heavy (non-hydrogen) atoms. The van der Waals surface area contributed by atoms with Gasteiger partial charge in [-0.15, -0.1) is 0 Å². The molecule has 0 aromatic rings. The van der Waals surface area contributed by atoms with E-state index in [9.17, 15) is 4.79 Å². The highest BCUT2D eigenvalue weighted by atomic mass is 16.4.